The highest BCUT2D eigenvalue weighted by atomic mass is 19.1. The lowest BCUT2D eigenvalue weighted by Crippen LogP contribution is -2.17. The van der Waals surface area contributed by atoms with E-state index in [0.29, 0.717) is 17.9 Å². The maximum absolute atomic E-state index is 13.5. The summed E-state index contributed by atoms with van der Waals surface area (Å²) in [5.74, 6) is 0.156. The minimum Gasteiger partial charge on any atom is -0.491 e. The average molecular weight is 291 g/mol. The molecule has 0 spiro atoms. The van der Waals surface area contributed by atoms with E-state index in [-0.39, 0.29) is 12.6 Å². The topological polar surface area (TPSA) is 30.5 Å². The van der Waals surface area contributed by atoms with Crippen LogP contribution in [-0.2, 0) is 6.61 Å². The molecule has 2 aromatic rings. The molecule has 1 heterocycles. The van der Waals surface area contributed by atoms with Crippen LogP contribution in [-0.4, -0.2) is 13.7 Å². The summed E-state index contributed by atoms with van der Waals surface area (Å²) < 4.78 is 37.5. The molecule has 0 radical (unpaired) electrons. The number of benzene rings is 2. The molecule has 0 bridgehead atoms. The molecular weight excluding hydrogens is 276 g/mol. The van der Waals surface area contributed by atoms with Crippen molar-refractivity contribution in [1.29, 1.82) is 0 Å². The van der Waals surface area contributed by atoms with Crippen LogP contribution in [0.25, 0.3) is 0 Å². The number of halogens is 2. The zero-order chi connectivity index (χ0) is 14.8. The van der Waals surface area contributed by atoms with Crippen LogP contribution in [0.1, 0.15) is 17.2 Å². The van der Waals surface area contributed by atoms with Crippen molar-refractivity contribution in [3.8, 4) is 11.5 Å². The summed E-state index contributed by atoms with van der Waals surface area (Å²) in [5.41, 5.74) is 1.39. The van der Waals surface area contributed by atoms with Crippen LogP contribution in [0.4, 0.5) is 8.78 Å². The van der Waals surface area contributed by atoms with Crippen LogP contribution < -0.4 is 14.8 Å². The number of rotatable bonds is 4. The molecule has 0 fully saturated rings. The first-order chi connectivity index (χ1) is 10.2. The molecule has 1 aliphatic rings. The number of hydrogen-bond donors (Lipinski definition) is 1. The van der Waals surface area contributed by atoms with Crippen molar-refractivity contribution in [3.05, 3.63) is 59.2 Å². The second kappa shape index (κ2) is 5.69. The zero-order valence-corrected chi connectivity index (χ0v) is 11.5. The maximum Gasteiger partial charge on any atom is 0.132 e. The van der Waals surface area contributed by atoms with Crippen molar-refractivity contribution in [2.24, 2.45) is 0 Å². The zero-order valence-electron chi connectivity index (χ0n) is 11.5. The summed E-state index contributed by atoms with van der Waals surface area (Å²) in [6.45, 7) is 0.627. The van der Waals surface area contributed by atoms with E-state index in [1.54, 1.807) is 6.07 Å². The third-order valence-corrected chi connectivity index (χ3v) is 3.52. The van der Waals surface area contributed by atoms with E-state index >= 15 is 0 Å². The fraction of sp³-hybridized carbons (Fsp3) is 0.250. The second-order valence-electron chi connectivity index (χ2n) is 4.88. The molecule has 0 aliphatic carbocycles. The Morgan fingerprint density at radius 2 is 2.10 bits per heavy atom. The molecule has 0 aromatic heterocycles. The molecule has 110 valence electrons. The number of fused-ring (bicyclic) bond motifs is 1. The van der Waals surface area contributed by atoms with Gasteiger partial charge in [-0.2, -0.15) is 0 Å². The van der Waals surface area contributed by atoms with Gasteiger partial charge in [0.15, 0.2) is 0 Å². The van der Waals surface area contributed by atoms with E-state index in [4.69, 9.17) is 9.47 Å². The van der Waals surface area contributed by atoms with Crippen LogP contribution >= 0.6 is 0 Å². The summed E-state index contributed by atoms with van der Waals surface area (Å²) >= 11 is 0. The Labute approximate surface area is 121 Å². The third-order valence-electron chi connectivity index (χ3n) is 3.52. The van der Waals surface area contributed by atoms with Gasteiger partial charge in [0.1, 0.15) is 36.3 Å². The van der Waals surface area contributed by atoms with Gasteiger partial charge in [0.05, 0.1) is 6.04 Å². The van der Waals surface area contributed by atoms with E-state index in [0.717, 1.165) is 17.4 Å². The van der Waals surface area contributed by atoms with Gasteiger partial charge >= 0.3 is 0 Å². The molecule has 21 heavy (non-hydrogen) atoms. The Bertz CT molecular complexity index is 661. The largest absolute Gasteiger partial charge is 0.491 e. The van der Waals surface area contributed by atoms with Gasteiger partial charge in [0.2, 0.25) is 0 Å². The van der Waals surface area contributed by atoms with Crippen molar-refractivity contribution in [3.63, 3.8) is 0 Å². The number of nitrogens with one attached hydrogen (secondary N) is 1. The monoisotopic (exact) mass is 291 g/mol. The Morgan fingerprint density at radius 1 is 1.24 bits per heavy atom. The molecule has 1 atom stereocenters. The first-order valence-corrected chi connectivity index (χ1v) is 6.68. The highest BCUT2D eigenvalue weighted by Crippen LogP contribution is 2.35. The van der Waals surface area contributed by atoms with Crippen LogP contribution in [0.3, 0.4) is 0 Å². The molecule has 2 aromatic carbocycles. The maximum atomic E-state index is 13.5. The number of hydrogen-bond acceptors (Lipinski definition) is 3. The third kappa shape index (κ3) is 2.83. The van der Waals surface area contributed by atoms with Crippen LogP contribution in [0.5, 0.6) is 11.5 Å². The Kier molecular flexibility index (Phi) is 3.75. The molecular formula is C16H15F2NO2. The highest BCUT2D eigenvalue weighted by Gasteiger charge is 2.22. The summed E-state index contributed by atoms with van der Waals surface area (Å²) in [5, 5.41) is 3.16. The fourth-order valence-corrected chi connectivity index (χ4v) is 2.32. The van der Waals surface area contributed by atoms with Crippen molar-refractivity contribution < 1.29 is 18.3 Å². The lowest BCUT2D eigenvalue weighted by Gasteiger charge is -2.09. The van der Waals surface area contributed by atoms with E-state index < -0.39 is 11.6 Å². The van der Waals surface area contributed by atoms with E-state index in [1.807, 2.05) is 19.2 Å². The quantitative estimate of drug-likeness (QED) is 0.938. The standard InChI is InChI=1S/C16H15F2NO2/c1-19-15-9-21-16-7-12(4-5-13(15)16)20-8-10-2-3-11(17)6-14(10)18/h2-7,15,19H,8-9H2,1H3. The molecule has 1 N–H and O–H groups in total. The second-order valence-corrected chi connectivity index (χ2v) is 4.88. The minimum absolute atomic E-state index is 0.0420. The molecule has 0 amide bonds. The summed E-state index contributed by atoms with van der Waals surface area (Å²) in [7, 11) is 1.88. The van der Waals surface area contributed by atoms with Gasteiger partial charge in [-0.3, -0.25) is 0 Å². The molecule has 3 nitrogen and oxygen atoms in total. The van der Waals surface area contributed by atoms with Crippen molar-refractivity contribution in [2.45, 2.75) is 12.6 Å². The van der Waals surface area contributed by atoms with Gasteiger partial charge < -0.3 is 14.8 Å². The minimum atomic E-state index is -0.609. The average Bonchev–Trinajstić information content (AvgIpc) is 2.88. The summed E-state index contributed by atoms with van der Waals surface area (Å²) in [6, 6.07) is 9.16. The van der Waals surface area contributed by atoms with Gasteiger partial charge in [0.25, 0.3) is 0 Å². The normalized spacial score (nSPS) is 16.4. The molecule has 3 rings (SSSR count). The van der Waals surface area contributed by atoms with Crippen molar-refractivity contribution >= 4 is 0 Å². The van der Waals surface area contributed by atoms with Crippen LogP contribution in [0.15, 0.2) is 36.4 Å². The number of likely N-dealkylation sites (N-methyl/N-ethyl adjacent to an activating group) is 1. The molecule has 0 saturated carbocycles. The summed E-state index contributed by atoms with van der Waals surface area (Å²) in [4.78, 5) is 0. The lowest BCUT2D eigenvalue weighted by molar-refractivity contribution is 0.293. The summed E-state index contributed by atoms with van der Waals surface area (Å²) in [6.07, 6.45) is 0. The lowest BCUT2D eigenvalue weighted by atomic mass is 10.1. The van der Waals surface area contributed by atoms with Crippen LogP contribution in [0.2, 0.25) is 0 Å². The SMILES string of the molecule is CNC1COc2cc(OCc3ccc(F)cc3F)ccc21. The van der Waals surface area contributed by atoms with Gasteiger partial charge in [-0.15, -0.1) is 0 Å². The van der Waals surface area contributed by atoms with Crippen molar-refractivity contribution in [2.75, 3.05) is 13.7 Å². The van der Waals surface area contributed by atoms with E-state index in [2.05, 4.69) is 5.32 Å². The smallest absolute Gasteiger partial charge is 0.132 e. The van der Waals surface area contributed by atoms with Gasteiger partial charge in [0, 0.05) is 23.3 Å². The fourth-order valence-electron chi connectivity index (χ4n) is 2.32. The van der Waals surface area contributed by atoms with Gasteiger partial charge in [-0.1, -0.05) is 0 Å². The van der Waals surface area contributed by atoms with Gasteiger partial charge in [-0.25, -0.2) is 8.78 Å². The van der Waals surface area contributed by atoms with Crippen molar-refractivity contribution in [1.82, 2.24) is 5.32 Å². The predicted molar refractivity (Wildman–Crippen MR) is 74.4 cm³/mol. The Balaban J connectivity index is 1.72. The molecule has 0 saturated heterocycles. The Morgan fingerprint density at radius 3 is 2.86 bits per heavy atom. The van der Waals surface area contributed by atoms with E-state index in [1.165, 1.54) is 12.1 Å². The van der Waals surface area contributed by atoms with E-state index in [9.17, 15) is 8.78 Å². The first kappa shape index (κ1) is 13.8. The van der Waals surface area contributed by atoms with Crippen LogP contribution in [0, 0.1) is 11.6 Å². The number of ether oxygens (including phenoxy) is 2. The molecule has 5 heteroatoms. The molecule has 1 unspecified atom stereocenters. The first-order valence-electron chi connectivity index (χ1n) is 6.68. The Hall–Kier alpha value is -2.14. The van der Waals surface area contributed by atoms with Gasteiger partial charge in [-0.05, 0) is 31.3 Å². The highest BCUT2D eigenvalue weighted by molar-refractivity contribution is 5.45. The predicted octanol–water partition coefficient (Wildman–Crippen LogP) is 3.20. The molecule has 1 aliphatic heterocycles.